The van der Waals surface area contributed by atoms with Gasteiger partial charge in [-0.15, -0.1) is 0 Å². The maximum Gasteiger partial charge on any atom is 0.135 e. The highest BCUT2D eigenvalue weighted by Crippen LogP contribution is 2.57. The van der Waals surface area contributed by atoms with Gasteiger partial charge in [-0.1, -0.05) is 143 Å². The second kappa shape index (κ2) is 11.4. The van der Waals surface area contributed by atoms with Crippen LogP contribution in [0.2, 0.25) is 0 Å². The highest BCUT2D eigenvalue weighted by Gasteiger charge is 2.41. The second-order valence-corrected chi connectivity index (χ2v) is 16.9. The molecule has 0 saturated heterocycles. The molecular weight excluding hydrogens is 693 g/mol. The fourth-order valence-corrected chi connectivity index (χ4v) is 10.6. The van der Waals surface area contributed by atoms with Gasteiger partial charge in [-0.05, 0) is 99.1 Å². The van der Waals surface area contributed by atoms with Gasteiger partial charge in [0.2, 0.25) is 0 Å². The predicted octanol–water partition coefficient (Wildman–Crippen LogP) is 14.8. The lowest BCUT2D eigenvalue weighted by Gasteiger charge is -2.34. The first-order valence-electron chi connectivity index (χ1n) is 20.0. The summed E-state index contributed by atoms with van der Waals surface area (Å²) in [5.74, 6) is 0. The number of anilines is 3. The van der Waals surface area contributed by atoms with Crippen molar-refractivity contribution in [2.45, 2.75) is 38.5 Å². The van der Waals surface area contributed by atoms with E-state index in [0.717, 1.165) is 22.5 Å². The molecule has 0 radical (unpaired) electrons. The van der Waals surface area contributed by atoms with Crippen molar-refractivity contribution in [1.29, 1.82) is 0 Å². The van der Waals surface area contributed by atoms with E-state index >= 15 is 0 Å². The molecular formula is C54H40N2O. The molecule has 272 valence electrons. The minimum Gasteiger partial charge on any atom is -0.456 e. The lowest BCUT2D eigenvalue weighted by atomic mass is 9.75. The number of hydrogen-bond acceptors (Lipinski definition) is 2. The Morgan fingerprint density at radius 1 is 0.474 bits per heavy atom. The largest absolute Gasteiger partial charge is 0.456 e. The minimum absolute atomic E-state index is 0.118. The summed E-state index contributed by atoms with van der Waals surface area (Å²) >= 11 is 0. The first kappa shape index (κ1) is 32.4. The van der Waals surface area contributed by atoms with Crippen LogP contribution >= 0.6 is 0 Å². The van der Waals surface area contributed by atoms with Gasteiger partial charge in [0, 0.05) is 43.7 Å². The maximum atomic E-state index is 6.46. The Bertz CT molecular complexity index is 3290. The average Bonchev–Trinajstić information content (AvgIpc) is 3.86. The van der Waals surface area contributed by atoms with E-state index in [-0.39, 0.29) is 10.8 Å². The molecule has 2 aliphatic rings. The Labute approximate surface area is 332 Å². The molecule has 0 unspecified atom stereocenters. The van der Waals surface area contributed by atoms with Crippen molar-refractivity contribution in [3.05, 3.63) is 192 Å². The SMILES string of the molecule is CC1(C)c2c(cccc2N(c2ccc(-c3ccccc3)cc2)c2ccc3c(c2)c2cccc4c2n3-c2ccccc2C4(C)C)-c2ccc3oc4ccccc4c3c21. The van der Waals surface area contributed by atoms with Crippen LogP contribution in [0.1, 0.15) is 49.9 Å². The van der Waals surface area contributed by atoms with Gasteiger partial charge < -0.3 is 13.9 Å². The first-order valence-corrected chi connectivity index (χ1v) is 20.0. The summed E-state index contributed by atoms with van der Waals surface area (Å²) in [5.41, 5.74) is 19.0. The molecule has 1 aliphatic carbocycles. The van der Waals surface area contributed by atoms with Gasteiger partial charge in [0.15, 0.2) is 0 Å². The van der Waals surface area contributed by atoms with Crippen LogP contribution in [0.5, 0.6) is 0 Å². The highest BCUT2D eigenvalue weighted by molar-refractivity contribution is 6.14. The van der Waals surface area contributed by atoms with E-state index in [0.29, 0.717) is 0 Å². The summed E-state index contributed by atoms with van der Waals surface area (Å²) in [6.07, 6.45) is 0. The molecule has 0 amide bonds. The molecule has 8 aromatic carbocycles. The van der Waals surface area contributed by atoms with Crippen LogP contribution in [0.25, 0.3) is 71.7 Å². The monoisotopic (exact) mass is 732 g/mol. The second-order valence-electron chi connectivity index (χ2n) is 16.9. The standard InChI is InChI=1S/C54H40N2O/c1-53(2)42-19-9-10-21-45(42)56-44-30-28-36(32-41(44)39-18-12-20-43(53)52(39)56)55(35-26-24-34(25-27-35)33-14-6-5-7-15-33)46-22-13-17-37-38-29-31-48-49(51(38)54(3,4)50(37)46)40-16-8-11-23-47(40)57-48/h5-32H,1-4H3. The van der Waals surface area contributed by atoms with Crippen molar-refractivity contribution in [2.75, 3.05) is 4.90 Å². The molecule has 57 heavy (non-hydrogen) atoms. The molecule has 0 bridgehead atoms. The smallest absolute Gasteiger partial charge is 0.135 e. The first-order chi connectivity index (χ1) is 27.8. The Morgan fingerprint density at radius 3 is 2.02 bits per heavy atom. The van der Waals surface area contributed by atoms with E-state index in [2.05, 4.69) is 207 Å². The van der Waals surface area contributed by atoms with E-state index in [4.69, 9.17) is 4.42 Å². The van der Waals surface area contributed by atoms with Gasteiger partial charge in [-0.25, -0.2) is 0 Å². The zero-order chi connectivity index (χ0) is 38.2. The highest BCUT2D eigenvalue weighted by atomic mass is 16.3. The van der Waals surface area contributed by atoms with E-state index in [1.807, 2.05) is 0 Å². The molecule has 10 aromatic rings. The molecule has 0 spiro atoms. The van der Waals surface area contributed by atoms with E-state index in [1.54, 1.807) is 0 Å². The number of aromatic nitrogens is 1. The summed E-state index contributed by atoms with van der Waals surface area (Å²) in [5, 5.41) is 4.92. The predicted molar refractivity (Wildman–Crippen MR) is 238 cm³/mol. The number of rotatable bonds is 4. The van der Waals surface area contributed by atoms with Gasteiger partial charge in [-0.2, -0.15) is 0 Å². The van der Waals surface area contributed by atoms with E-state index < -0.39 is 0 Å². The molecule has 12 rings (SSSR count). The van der Waals surface area contributed by atoms with Crippen molar-refractivity contribution in [3.63, 3.8) is 0 Å². The van der Waals surface area contributed by atoms with Crippen LogP contribution in [0.4, 0.5) is 17.1 Å². The van der Waals surface area contributed by atoms with Gasteiger partial charge in [0.05, 0.1) is 22.4 Å². The molecule has 3 heterocycles. The Kier molecular flexibility index (Phi) is 6.46. The van der Waals surface area contributed by atoms with Gasteiger partial charge in [0.25, 0.3) is 0 Å². The third-order valence-corrected chi connectivity index (χ3v) is 13.1. The van der Waals surface area contributed by atoms with Crippen molar-refractivity contribution in [2.24, 2.45) is 0 Å². The number of hydrogen-bond donors (Lipinski definition) is 0. The van der Waals surface area contributed by atoms with Crippen molar-refractivity contribution in [3.8, 4) is 27.9 Å². The van der Waals surface area contributed by atoms with Crippen molar-refractivity contribution >= 4 is 60.8 Å². The number of para-hydroxylation sites is 3. The van der Waals surface area contributed by atoms with Crippen LogP contribution in [0.15, 0.2) is 174 Å². The summed E-state index contributed by atoms with van der Waals surface area (Å²) in [6, 6.07) is 62.4. The molecule has 3 nitrogen and oxygen atoms in total. The Hall–Kier alpha value is -6.84. The molecule has 0 saturated carbocycles. The normalized spacial score (nSPS) is 14.6. The summed E-state index contributed by atoms with van der Waals surface area (Å²) in [4.78, 5) is 2.50. The van der Waals surface area contributed by atoms with Gasteiger partial charge in [-0.3, -0.25) is 0 Å². The summed E-state index contributed by atoms with van der Waals surface area (Å²) < 4.78 is 8.96. The third-order valence-electron chi connectivity index (χ3n) is 13.1. The van der Waals surface area contributed by atoms with Gasteiger partial charge >= 0.3 is 0 Å². The molecule has 1 aliphatic heterocycles. The van der Waals surface area contributed by atoms with Crippen LogP contribution in [0.3, 0.4) is 0 Å². The zero-order valence-corrected chi connectivity index (χ0v) is 32.5. The van der Waals surface area contributed by atoms with E-state index in [1.165, 1.54) is 88.5 Å². The van der Waals surface area contributed by atoms with Crippen molar-refractivity contribution < 1.29 is 4.42 Å². The van der Waals surface area contributed by atoms with Crippen LogP contribution in [0, 0.1) is 0 Å². The number of nitrogens with zero attached hydrogens (tertiary/aromatic N) is 2. The zero-order valence-electron chi connectivity index (χ0n) is 32.5. The fourth-order valence-electron chi connectivity index (χ4n) is 10.6. The average molecular weight is 733 g/mol. The summed E-state index contributed by atoms with van der Waals surface area (Å²) in [6.45, 7) is 9.52. The van der Waals surface area contributed by atoms with Crippen molar-refractivity contribution in [1.82, 2.24) is 4.57 Å². The van der Waals surface area contributed by atoms with Gasteiger partial charge in [0.1, 0.15) is 11.2 Å². The molecule has 2 aromatic heterocycles. The number of benzene rings is 8. The number of fused-ring (bicyclic) bond motifs is 12. The third kappa shape index (κ3) is 4.32. The summed E-state index contributed by atoms with van der Waals surface area (Å²) in [7, 11) is 0. The van der Waals surface area contributed by atoms with E-state index in [9.17, 15) is 0 Å². The quantitative estimate of drug-likeness (QED) is 0.180. The Balaban J connectivity index is 1.12. The molecule has 3 heteroatoms. The maximum absolute atomic E-state index is 6.46. The topological polar surface area (TPSA) is 21.3 Å². The molecule has 0 N–H and O–H groups in total. The van der Waals surface area contributed by atoms with Crippen LogP contribution in [-0.4, -0.2) is 4.57 Å². The Morgan fingerprint density at radius 2 is 1.16 bits per heavy atom. The number of furan rings is 1. The van der Waals surface area contributed by atoms with Crippen LogP contribution < -0.4 is 4.90 Å². The molecule has 0 atom stereocenters. The minimum atomic E-state index is -0.321. The lowest BCUT2D eigenvalue weighted by molar-refractivity contribution is 0.630. The lowest BCUT2D eigenvalue weighted by Crippen LogP contribution is -2.26. The molecule has 0 fully saturated rings. The fraction of sp³-hybridized carbons (Fsp3) is 0.111. The van der Waals surface area contributed by atoms with Crippen LogP contribution in [-0.2, 0) is 10.8 Å².